The van der Waals surface area contributed by atoms with Gasteiger partial charge in [0.25, 0.3) is 11.8 Å². The molecule has 0 bridgehead atoms. The molecule has 3 amide bonds. The van der Waals surface area contributed by atoms with Crippen LogP contribution in [0.3, 0.4) is 0 Å². The normalized spacial score (nSPS) is 14.7. The third-order valence-corrected chi connectivity index (χ3v) is 9.63. The number of morpholine rings is 1. The number of benzene rings is 2. The SMILES string of the molecule is CCC=CCC=CCC=CCC=CCC=CCC=CCCC(=O)NCC(CNC(=O)C(C)(C)Oc1ccc(CCNC(=O)c2ccc(Cl)cc2)cc1)N1CCOCC1. The number of amides is 3. The maximum atomic E-state index is 13.4. The van der Waals surface area contributed by atoms with Gasteiger partial charge in [0.2, 0.25) is 5.91 Å². The van der Waals surface area contributed by atoms with E-state index in [1.54, 1.807) is 38.1 Å². The predicted molar refractivity (Wildman–Crippen MR) is 238 cm³/mol. The number of hydrogen-bond donors (Lipinski definition) is 3. The van der Waals surface area contributed by atoms with Crippen molar-refractivity contribution in [2.45, 2.75) is 90.2 Å². The average Bonchev–Trinajstić information content (AvgIpc) is 3.22. The second-order valence-electron chi connectivity index (χ2n) is 14.5. The average molecular weight is 814 g/mol. The van der Waals surface area contributed by atoms with Gasteiger partial charge in [-0.05, 0) is 107 Å². The molecule has 1 atom stereocenters. The summed E-state index contributed by atoms with van der Waals surface area (Å²) in [5.74, 6) is 0.154. The fourth-order valence-electron chi connectivity index (χ4n) is 5.96. The first-order chi connectivity index (χ1) is 28.2. The smallest absolute Gasteiger partial charge is 0.263 e. The van der Waals surface area contributed by atoms with Gasteiger partial charge in [-0.2, -0.15) is 0 Å². The molecule has 1 aliphatic rings. The van der Waals surface area contributed by atoms with Crippen LogP contribution in [0, 0.1) is 0 Å². The van der Waals surface area contributed by atoms with Crippen molar-refractivity contribution >= 4 is 29.3 Å². The molecular weight excluding hydrogens is 748 g/mol. The molecule has 0 saturated carbocycles. The van der Waals surface area contributed by atoms with Crippen molar-refractivity contribution in [2.24, 2.45) is 0 Å². The van der Waals surface area contributed by atoms with Crippen LogP contribution in [0.1, 0.15) is 88.1 Å². The lowest BCUT2D eigenvalue weighted by Crippen LogP contribution is -2.56. The highest BCUT2D eigenvalue weighted by molar-refractivity contribution is 6.30. The third kappa shape index (κ3) is 20.6. The number of rotatable bonds is 26. The van der Waals surface area contributed by atoms with E-state index in [1.165, 1.54) is 0 Å². The van der Waals surface area contributed by atoms with Crippen molar-refractivity contribution < 1.29 is 23.9 Å². The van der Waals surface area contributed by atoms with Gasteiger partial charge >= 0.3 is 0 Å². The van der Waals surface area contributed by atoms with Crippen molar-refractivity contribution in [3.8, 4) is 5.75 Å². The maximum absolute atomic E-state index is 13.4. The molecule has 0 spiro atoms. The van der Waals surface area contributed by atoms with Gasteiger partial charge in [0.05, 0.1) is 13.2 Å². The summed E-state index contributed by atoms with van der Waals surface area (Å²) in [5, 5.41) is 9.65. The first kappa shape index (κ1) is 47.7. The Morgan fingerprint density at radius 2 is 1.28 bits per heavy atom. The van der Waals surface area contributed by atoms with Crippen LogP contribution in [0.4, 0.5) is 0 Å². The first-order valence-electron chi connectivity index (χ1n) is 20.8. The first-order valence-corrected chi connectivity index (χ1v) is 21.1. The summed E-state index contributed by atoms with van der Waals surface area (Å²) in [4.78, 5) is 40.7. The van der Waals surface area contributed by atoms with E-state index in [4.69, 9.17) is 21.1 Å². The minimum absolute atomic E-state index is 0.0137. The molecule has 58 heavy (non-hydrogen) atoms. The molecule has 9 nitrogen and oxygen atoms in total. The molecule has 0 aliphatic carbocycles. The molecule has 3 N–H and O–H groups in total. The van der Waals surface area contributed by atoms with E-state index < -0.39 is 5.60 Å². The van der Waals surface area contributed by atoms with Crippen LogP contribution in [0.2, 0.25) is 5.02 Å². The summed E-state index contributed by atoms with van der Waals surface area (Å²) in [5.41, 5.74) is 0.451. The highest BCUT2D eigenvalue weighted by Crippen LogP contribution is 2.20. The zero-order chi connectivity index (χ0) is 41.7. The Bertz CT molecular complexity index is 1670. The van der Waals surface area contributed by atoms with E-state index in [9.17, 15) is 14.4 Å². The minimum Gasteiger partial charge on any atom is -0.478 e. The van der Waals surface area contributed by atoms with Crippen LogP contribution in [0.15, 0.2) is 121 Å². The molecule has 10 heteroatoms. The Hall–Kier alpha value is -4.70. The molecule has 3 rings (SSSR count). The number of nitrogens with zero attached hydrogens (tertiary/aromatic N) is 1. The number of hydrogen-bond acceptors (Lipinski definition) is 6. The van der Waals surface area contributed by atoms with Gasteiger partial charge in [0, 0.05) is 55.8 Å². The number of nitrogens with one attached hydrogen (secondary N) is 3. The van der Waals surface area contributed by atoms with Gasteiger partial charge < -0.3 is 25.4 Å². The van der Waals surface area contributed by atoms with E-state index in [2.05, 4.69) is 101 Å². The molecule has 1 heterocycles. The molecule has 1 saturated heterocycles. The van der Waals surface area contributed by atoms with E-state index in [1.807, 2.05) is 24.3 Å². The number of carbonyl (C=O) groups is 3. The quantitative estimate of drug-likeness (QED) is 0.0820. The standard InChI is InChI=1S/C48H65ClN4O5/c1-4-5-6-7-8-9-10-11-12-13-14-15-16-17-18-19-20-21-22-23-45(54)51-38-43(53-34-36-57-37-35-53)39-52-47(56)48(2,3)58-44-30-24-40(25-31-44)32-33-50-46(55)41-26-28-42(49)29-27-41/h5-6,8-9,11-12,14-15,17-18,20-21,24-31,43H,4,7,10,13,16,19,22-23,32-39H2,1-3H3,(H,50,55)(H,51,54)(H,52,56). The van der Waals surface area contributed by atoms with Gasteiger partial charge in [-0.1, -0.05) is 104 Å². The van der Waals surface area contributed by atoms with E-state index in [0.29, 0.717) is 68.4 Å². The summed E-state index contributed by atoms with van der Waals surface area (Å²) in [6.45, 7) is 9.56. The molecule has 0 aromatic heterocycles. The second-order valence-corrected chi connectivity index (χ2v) is 15.0. The van der Waals surface area contributed by atoms with Gasteiger partial charge in [0.15, 0.2) is 5.60 Å². The van der Waals surface area contributed by atoms with Crippen molar-refractivity contribution in [3.63, 3.8) is 0 Å². The zero-order valence-electron chi connectivity index (χ0n) is 34.8. The lowest BCUT2D eigenvalue weighted by molar-refractivity contribution is -0.134. The van der Waals surface area contributed by atoms with Crippen LogP contribution in [0.25, 0.3) is 0 Å². The Labute approximate surface area is 352 Å². The van der Waals surface area contributed by atoms with Gasteiger partial charge in [-0.15, -0.1) is 0 Å². The molecule has 2 aromatic rings. The Kier molecular flexibility index (Phi) is 23.6. The van der Waals surface area contributed by atoms with Gasteiger partial charge in [-0.25, -0.2) is 0 Å². The number of allylic oxidation sites excluding steroid dienone is 12. The van der Waals surface area contributed by atoms with Crippen molar-refractivity contribution in [2.75, 3.05) is 45.9 Å². The summed E-state index contributed by atoms with van der Waals surface area (Å²) in [7, 11) is 0. The van der Waals surface area contributed by atoms with Gasteiger partial charge in [0.1, 0.15) is 5.75 Å². The highest BCUT2D eigenvalue weighted by Gasteiger charge is 2.31. The van der Waals surface area contributed by atoms with Crippen LogP contribution in [-0.4, -0.2) is 80.2 Å². The number of ether oxygens (including phenoxy) is 2. The van der Waals surface area contributed by atoms with Gasteiger partial charge in [-0.3, -0.25) is 19.3 Å². The fourth-order valence-corrected chi connectivity index (χ4v) is 6.09. The topological polar surface area (TPSA) is 109 Å². The summed E-state index contributed by atoms with van der Waals surface area (Å²) >= 11 is 5.91. The van der Waals surface area contributed by atoms with Crippen molar-refractivity contribution in [3.05, 3.63) is 138 Å². The summed E-state index contributed by atoms with van der Waals surface area (Å²) < 4.78 is 11.7. The molecule has 314 valence electrons. The van der Waals surface area contributed by atoms with Crippen LogP contribution in [-0.2, 0) is 20.7 Å². The van der Waals surface area contributed by atoms with Crippen LogP contribution < -0.4 is 20.7 Å². The Balaban J connectivity index is 1.33. The Morgan fingerprint density at radius 3 is 1.84 bits per heavy atom. The lowest BCUT2D eigenvalue weighted by atomic mass is 10.1. The molecular formula is C48H65ClN4O5. The highest BCUT2D eigenvalue weighted by atomic mass is 35.5. The third-order valence-electron chi connectivity index (χ3n) is 9.38. The maximum Gasteiger partial charge on any atom is 0.263 e. The fraction of sp³-hybridized carbons (Fsp3) is 0.438. The largest absolute Gasteiger partial charge is 0.478 e. The van der Waals surface area contributed by atoms with Crippen LogP contribution >= 0.6 is 11.6 Å². The Morgan fingerprint density at radius 1 is 0.741 bits per heavy atom. The van der Waals surface area contributed by atoms with Crippen molar-refractivity contribution in [1.29, 1.82) is 0 Å². The van der Waals surface area contributed by atoms with Crippen LogP contribution in [0.5, 0.6) is 5.75 Å². The molecule has 1 aliphatic heterocycles. The lowest BCUT2D eigenvalue weighted by Gasteiger charge is -2.35. The molecule has 1 unspecified atom stereocenters. The second kappa shape index (κ2) is 28.7. The van der Waals surface area contributed by atoms with E-state index in [-0.39, 0.29) is 23.8 Å². The number of halogens is 1. The predicted octanol–water partition coefficient (Wildman–Crippen LogP) is 8.88. The summed E-state index contributed by atoms with van der Waals surface area (Å²) in [6.07, 6.45) is 33.5. The van der Waals surface area contributed by atoms with E-state index >= 15 is 0 Å². The number of carbonyl (C=O) groups excluding carboxylic acids is 3. The monoisotopic (exact) mass is 812 g/mol. The zero-order valence-corrected chi connectivity index (χ0v) is 35.6. The summed E-state index contributed by atoms with van der Waals surface area (Å²) in [6, 6.07) is 14.2. The minimum atomic E-state index is -1.13. The van der Waals surface area contributed by atoms with Crippen molar-refractivity contribution in [1.82, 2.24) is 20.9 Å². The van der Waals surface area contributed by atoms with E-state index in [0.717, 1.165) is 57.2 Å². The molecule has 2 aromatic carbocycles. The molecule has 0 radical (unpaired) electrons. The molecule has 1 fully saturated rings.